The van der Waals surface area contributed by atoms with E-state index in [1.165, 1.54) is 12.8 Å². The molecule has 1 fully saturated rings. The number of H-pyrrole nitrogens is 1. The average Bonchev–Trinajstić information content (AvgIpc) is 3.10. The summed E-state index contributed by atoms with van der Waals surface area (Å²) in [5, 5.41) is 13.3. The van der Waals surface area contributed by atoms with Crippen LogP contribution in [0.2, 0.25) is 0 Å². The highest BCUT2D eigenvalue weighted by atomic mass is 35.5. The maximum absolute atomic E-state index is 12.3. The van der Waals surface area contributed by atoms with Gasteiger partial charge in [0.25, 0.3) is 0 Å². The topological polar surface area (TPSA) is 69.8 Å². The third-order valence-electron chi connectivity index (χ3n) is 4.65. The van der Waals surface area contributed by atoms with E-state index in [0.717, 1.165) is 30.0 Å². The molecule has 1 amide bonds. The summed E-state index contributed by atoms with van der Waals surface area (Å²) in [6.07, 6.45) is 4.65. The van der Waals surface area contributed by atoms with Crippen LogP contribution in [-0.4, -0.2) is 29.2 Å². The Hall–Kier alpha value is -1.85. The molecule has 2 aromatic rings. The van der Waals surface area contributed by atoms with Crippen LogP contribution in [0.15, 0.2) is 36.5 Å². The molecule has 3 rings (SSSR count). The number of carbonyl (C=O) groups excluding carboxylic acids is 1. The molecule has 1 aliphatic rings. The van der Waals surface area contributed by atoms with Gasteiger partial charge >= 0.3 is 0 Å². The predicted molar refractivity (Wildman–Crippen MR) is 99.3 cm³/mol. The van der Waals surface area contributed by atoms with Crippen LogP contribution in [0.25, 0.3) is 11.3 Å². The van der Waals surface area contributed by atoms with Gasteiger partial charge in [0.1, 0.15) is 0 Å². The number of rotatable bonds is 5. The zero-order chi connectivity index (χ0) is 16.1. The van der Waals surface area contributed by atoms with Gasteiger partial charge in [0, 0.05) is 23.9 Å². The summed E-state index contributed by atoms with van der Waals surface area (Å²) in [5.41, 5.74) is 2.80. The maximum Gasteiger partial charge on any atom is 0.224 e. The normalized spacial score (nSPS) is 16.2. The van der Waals surface area contributed by atoms with Crippen LogP contribution < -0.4 is 10.6 Å². The molecule has 1 aromatic heterocycles. The molecule has 6 heteroatoms. The minimum atomic E-state index is 0. The third-order valence-corrected chi connectivity index (χ3v) is 4.65. The number of amides is 1. The third kappa shape index (κ3) is 4.82. The fraction of sp³-hybridized carbons (Fsp3) is 0.444. The van der Waals surface area contributed by atoms with Crippen LogP contribution >= 0.6 is 12.4 Å². The molecule has 1 atom stereocenters. The van der Waals surface area contributed by atoms with Crippen molar-refractivity contribution < 1.29 is 4.79 Å². The van der Waals surface area contributed by atoms with Gasteiger partial charge in [0.15, 0.2) is 0 Å². The number of piperidine rings is 1. The smallest absolute Gasteiger partial charge is 0.224 e. The number of anilines is 1. The zero-order valence-electron chi connectivity index (χ0n) is 13.9. The van der Waals surface area contributed by atoms with Crippen LogP contribution in [0.1, 0.15) is 26.2 Å². The monoisotopic (exact) mass is 348 g/mol. The lowest BCUT2D eigenvalue weighted by molar-refractivity contribution is -0.117. The number of halogens is 1. The minimum Gasteiger partial charge on any atom is -0.326 e. The number of hydrogen-bond acceptors (Lipinski definition) is 3. The molecule has 0 saturated carbocycles. The van der Waals surface area contributed by atoms with E-state index in [1.807, 2.05) is 30.3 Å². The first-order valence-electron chi connectivity index (χ1n) is 8.33. The highest BCUT2D eigenvalue weighted by Gasteiger charge is 2.22. The van der Waals surface area contributed by atoms with Crippen molar-refractivity contribution in [2.75, 3.05) is 18.4 Å². The summed E-state index contributed by atoms with van der Waals surface area (Å²) in [6.45, 7) is 4.34. The molecule has 0 bridgehead atoms. The number of aromatic amines is 1. The Balaban J connectivity index is 0.00000208. The molecule has 0 spiro atoms. The number of nitrogens with zero attached hydrogens (tertiary/aromatic N) is 1. The van der Waals surface area contributed by atoms with Gasteiger partial charge in [0.2, 0.25) is 5.91 Å². The fourth-order valence-electron chi connectivity index (χ4n) is 3.27. The SMILES string of the molecule is CC(CC(=O)Nc1cccc(-c2ccn[nH]2)c1)C1CCNCC1.Cl. The van der Waals surface area contributed by atoms with Crippen molar-refractivity contribution in [3.63, 3.8) is 0 Å². The van der Waals surface area contributed by atoms with E-state index < -0.39 is 0 Å². The van der Waals surface area contributed by atoms with Gasteiger partial charge in [0.05, 0.1) is 5.69 Å². The van der Waals surface area contributed by atoms with Crippen molar-refractivity contribution in [3.8, 4) is 11.3 Å². The molecule has 0 radical (unpaired) electrons. The average molecular weight is 349 g/mol. The minimum absolute atomic E-state index is 0. The number of nitrogens with one attached hydrogen (secondary N) is 3. The second-order valence-electron chi connectivity index (χ2n) is 6.37. The molecule has 1 aliphatic heterocycles. The van der Waals surface area contributed by atoms with Crippen molar-refractivity contribution in [2.45, 2.75) is 26.2 Å². The van der Waals surface area contributed by atoms with Gasteiger partial charge in [-0.25, -0.2) is 0 Å². The van der Waals surface area contributed by atoms with Crippen molar-refractivity contribution in [3.05, 3.63) is 36.5 Å². The summed E-state index contributed by atoms with van der Waals surface area (Å²) in [5.74, 6) is 1.17. The van der Waals surface area contributed by atoms with E-state index in [2.05, 4.69) is 27.8 Å². The van der Waals surface area contributed by atoms with Gasteiger partial charge in [-0.1, -0.05) is 19.1 Å². The Morgan fingerprint density at radius 2 is 2.12 bits per heavy atom. The number of hydrogen-bond donors (Lipinski definition) is 3. The second-order valence-corrected chi connectivity index (χ2v) is 6.37. The highest BCUT2D eigenvalue weighted by molar-refractivity contribution is 5.91. The summed E-state index contributed by atoms with van der Waals surface area (Å²) < 4.78 is 0. The van der Waals surface area contributed by atoms with Crippen molar-refractivity contribution in [2.24, 2.45) is 11.8 Å². The second kappa shape index (κ2) is 8.85. The number of benzene rings is 1. The highest BCUT2D eigenvalue weighted by Crippen LogP contribution is 2.25. The first kappa shape index (κ1) is 18.5. The van der Waals surface area contributed by atoms with Crippen LogP contribution in [0, 0.1) is 11.8 Å². The molecule has 1 saturated heterocycles. The first-order valence-corrected chi connectivity index (χ1v) is 8.33. The molecule has 3 N–H and O–H groups in total. The Bertz CT molecular complexity index is 638. The number of carbonyl (C=O) groups is 1. The van der Waals surface area contributed by atoms with E-state index in [-0.39, 0.29) is 18.3 Å². The lowest BCUT2D eigenvalue weighted by atomic mass is 9.84. The van der Waals surface area contributed by atoms with Crippen molar-refractivity contribution in [1.82, 2.24) is 15.5 Å². The molecule has 2 heterocycles. The van der Waals surface area contributed by atoms with E-state index in [4.69, 9.17) is 0 Å². The Labute approximate surface area is 149 Å². The van der Waals surface area contributed by atoms with E-state index in [9.17, 15) is 4.79 Å². The lowest BCUT2D eigenvalue weighted by Crippen LogP contribution is -2.32. The quantitative estimate of drug-likeness (QED) is 0.775. The molecule has 1 aromatic carbocycles. The zero-order valence-corrected chi connectivity index (χ0v) is 14.7. The maximum atomic E-state index is 12.3. The largest absolute Gasteiger partial charge is 0.326 e. The van der Waals surface area contributed by atoms with Crippen LogP contribution in [0.4, 0.5) is 5.69 Å². The lowest BCUT2D eigenvalue weighted by Gasteiger charge is -2.27. The fourth-order valence-corrected chi connectivity index (χ4v) is 3.27. The summed E-state index contributed by atoms with van der Waals surface area (Å²) >= 11 is 0. The van der Waals surface area contributed by atoms with Crippen molar-refractivity contribution >= 4 is 24.0 Å². The van der Waals surface area contributed by atoms with Gasteiger partial charge < -0.3 is 10.6 Å². The van der Waals surface area contributed by atoms with Crippen LogP contribution in [0.5, 0.6) is 0 Å². The first-order chi connectivity index (χ1) is 11.2. The Kier molecular flexibility index (Phi) is 6.82. The molecular formula is C18H25ClN4O. The summed E-state index contributed by atoms with van der Waals surface area (Å²) in [7, 11) is 0. The van der Waals surface area contributed by atoms with Gasteiger partial charge in [-0.15, -0.1) is 12.4 Å². The summed E-state index contributed by atoms with van der Waals surface area (Å²) in [6, 6.07) is 9.76. The standard InChI is InChI=1S/C18H24N4O.ClH/c1-13(14-5-8-19-9-6-14)11-18(23)21-16-4-2-3-15(12-16)17-7-10-20-22-17;/h2-4,7,10,12-14,19H,5-6,8-9,11H2,1H3,(H,20,22)(H,21,23);1H. The molecule has 130 valence electrons. The van der Waals surface area contributed by atoms with Gasteiger partial charge in [-0.3, -0.25) is 9.89 Å². The summed E-state index contributed by atoms with van der Waals surface area (Å²) in [4.78, 5) is 12.3. The van der Waals surface area contributed by atoms with Crippen LogP contribution in [0.3, 0.4) is 0 Å². The Morgan fingerprint density at radius 1 is 1.33 bits per heavy atom. The molecule has 0 aliphatic carbocycles. The van der Waals surface area contributed by atoms with Crippen LogP contribution in [-0.2, 0) is 4.79 Å². The van der Waals surface area contributed by atoms with Gasteiger partial charge in [-0.05, 0) is 56.0 Å². The van der Waals surface area contributed by atoms with Crippen molar-refractivity contribution in [1.29, 1.82) is 0 Å². The van der Waals surface area contributed by atoms with E-state index in [0.29, 0.717) is 18.3 Å². The molecule has 1 unspecified atom stereocenters. The number of aromatic nitrogens is 2. The van der Waals surface area contributed by atoms with E-state index in [1.54, 1.807) is 6.20 Å². The van der Waals surface area contributed by atoms with Gasteiger partial charge in [-0.2, -0.15) is 5.10 Å². The predicted octanol–water partition coefficient (Wildman–Crippen LogP) is 3.46. The molecule has 5 nitrogen and oxygen atoms in total. The molecular weight excluding hydrogens is 324 g/mol. The van der Waals surface area contributed by atoms with E-state index >= 15 is 0 Å². The molecule has 24 heavy (non-hydrogen) atoms. The Morgan fingerprint density at radius 3 is 2.83 bits per heavy atom.